The van der Waals surface area contributed by atoms with Crippen LogP contribution < -0.4 is 10.2 Å². The first kappa shape index (κ1) is 22.8. The fraction of sp³-hybridized carbons (Fsp3) is 0.320. The normalized spacial score (nSPS) is 21.6. The van der Waals surface area contributed by atoms with E-state index in [0.717, 1.165) is 11.3 Å². The van der Waals surface area contributed by atoms with E-state index in [1.807, 2.05) is 37.3 Å². The molecule has 1 aromatic carbocycles. The maximum Gasteiger partial charge on any atom is 0.314 e. The van der Waals surface area contributed by atoms with Gasteiger partial charge in [0.15, 0.2) is 5.72 Å². The number of nitriles is 1. The van der Waals surface area contributed by atoms with Crippen molar-refractivity contribution < 1.29 is 14.6 Å². The second-order valence-electron chi connectivity index (χ2n) is 8.14. The van der Waals surface area contributed by atoms with E-state index < -0.39 is 17.1 Å². The molecule has 33 heavy (non-hydrogen) atoms. The van der Waals surface area contributed by atoms with Crippen molar-refractivity contribution in [1.82, 2.24) is 10.3 Å². The first-order valence-corrected chi connectivity index (χ1v) is 11.2. The van der Waals surface area contributed by atoms with E-state index in [-0.39, 0.29) is 0 Å². The summed E-state index contributed by atoms with van der Waals surface area (Å²) in [5.74, 6) is -0.859. The first-order chi connectivity index (χ1) is 15.9. The summed E-state index contributed by atoms with van der Waals surface area (Å²) in [7, 11) is 0. The predicted octanol–water partition coefficient (Wildman–Crippen LogP) is 4.21. The molecule has 8 heteroatoms. The number of ether oxygens (including phenoxy) is 1. The molecule has 1 unspecified atom stereocenters. The van der Waals surface area contributed by atoms with Crippen molar-refractivity contribution in [3.8, 4) is 6.07 Å². The molecule has 0 amide bonds. The third kappa shape index (κ3) is 4.20. The summed E-state index contributed by atoms with van der Waals surface area (Å²) in [6.45, 7) is 3.39. The Kier molecular flexibility index (Phi) is 6.41. The Balaban J connectivity index is 1.58. The minimum Gasteiger partial charge on any atom is -0.481 e. The zero-order chi connectivity index (χ0) is 23.5. The molecule has 0 saturated carbocycles. The largest absolute Gasteiger partial charge is 0.481 e. The number of hydrogen-bond donors (Lipinski definition) is 2. The van der Waals surface area contributed by atoms with Gasteiger partial charge in [0, 0.05) is 48.9 Å². The summed E-state index contributed by atoms with van der Waals surface area (Å²) in [5, 5.41) is 23.5. The number of dihydropyridines is 1. The molecule has 2 N–H and O–H groups in total. The minimum atomic E-state index is -1.04. The summed E-state index contributed by atoms with van der Waals surface area (Å²) in [5.41, 5.74) is 0.875. The minimum absolute atomic E-state index is 0.405. The van der Waals surface area contributed by atoms with Crippen LogP contribution in [-0.4, -0.2) is 35.8 Å². The lowest BCUT2D eigenvalue weighted by Gasteiger charge is -2.43. The number of nitrogens with one attached hydrogen (secondary N) is 1. The van der Waals surface area contributed by atoms with E-state index in [9.17, 15) is 15.2 Å². The molecule has 1 saturated heterocycles. The van der Waals surface area contributed by atoms with Crippen LogP contribution >= 0.6 is 11.6 Å². The van der Waals surface area contributed by atoms with Gasteiger partial charge in [-0.05, 0) is 55.7 Å². The fourth-order valence-corrected chi connectivity index (χ4v) is 4.75. The van der Waals surface area contributed by atoms with Gasteiger partial charge in [-0.1, -0.05) is 23.7 Å². The smallest absolute Gasteiger partial charge is 0.314 e. The van der Waals surface area contributed by atoms with Crippen LogP contribution in [0.2, 0.25) is 5.02 Å². The van der Waals surface area contributed by atoms with Crippen LogP contribution in [0.25, 0.3) is 0 Å². The Morgan fingerprint density at radius 3 is 2.73 bits per heavy atom. The fourth-order valence-electron chi connectivity index (χ4n) is 4.58. The number of carbonyl (C=O) groups is 1. The molecule has 2 aromatic rings. The quantitative estimate of drug-likeness (QED) is 0.660. The number of aromatic nitrogens is 1. The van der Waals surface area contributed by atoms with Crippen molar-refractivity contribution in [2.24, 2.45) is 5.41 Å². The predicted molar refractivity (Wildman–Crippen MR) is 126 cm³/mol. The summed E-state index contributed by atoms with van der Waals surface area (Å²) >= 11 is 6.03. The van der Waals surface area contributed by atoms with E-state index >= 15 is 0 Å². The van der Waals surface area contributed by atoms with E-state index in [1.165, 1.54) is 0 Å². The number of piperidine rings is 1. The third-order valence-electron chi connectivity index (χ3n) is 6.40. The Morgan fingerprint density at radius 1 is 1.36 bits per heavy atom. The molecule has 2 aliphatic rings. The molecule has 0 spiro atoms. The van der Waals surface area contributed by atoms with Gasteiger partial charge in [-0.15, -0.1) is 0 Å². The molecule has 0 aliphatic carbocycles. The molecule has 2 aliphatic heterocycles. The van der Waals surface area contributed by atoms with Crippen LogP contribution in [0, 0.1) is 16.7 Å². The second-order valence-corrected chi connectivity index (χ2v) is 8.57. The van der Waals surface area contributed by atoms with Crippen molar-refractivity contribution in [3.63, 3.8) is 0 Å². The maximum absolute atomic E-state index is 12.5. The van der Waals surface area contributed by atoms with Crippen molar-refractivity contribution in [2.75, 3.05) is 24.6 Å². The van der Waals surface area contributed by atoms with E-state index in [0.29, 0.717) is 48.7 Å². The number of hydrogen-bond acceptors (Lipinski definition) is 6. The molecular formula is C25H25ClN4O3. The van der Waals surface area contributed by atoms with Gasteiger partial charge < -0.3 is 20.1 Å². The van der Waals surface area contributed by atoms with Gasteiger partial charge in [-0.3, -0.25) is 9.78 Å². The molecular weight excluding hydrogens is 440 g/mol. The lowest BCUT2D eigenvalue weighted by molar-refractivity contribution is -0.147. The Hall–Kier alpha value is -3.34. The molecule has 3 heterocycles. The zero-order valence-electron chi connectivity index (χ0n) is 18.3. The lowest BCUT2D eigenvalue weighted by atomic mass is 9.71. The summed E-state index contributed by atoms with van der Waals surface area (Å²) < 4.78 is 6.02. The molecule has 1 fully saturated rings. The van der Waals surface area contributed by atoms with Gasteiger partial charge in [0.2, 0.25) is 0 Å². The summed E-state index contributed by atoms with van der Waals surface area (Å²) in [4.78, 5) is 18.8. The van der Waals surface area contributed by atoms with Gasteiger partial charge >= 0.3 is 5.97 Å². The first-order valence-electron chi connectivity index (χ1n) is 10.8. The molecule has 0 radical (unpaired) electrons. The maximum atomic E-state index is 12.5. The molecule has 0 bridgehead atoms. The number of carboxylic acid groups (broad SMARTS) is 1. The van der Waals surface area contributed by atoms with E-state index in [1.54, 1.807) is 30.7 Å². The second kappa shape index (κ2) is 9.26. The SMILES string of the molecule is CCOC1(c2cccnc2)C=CC(C2(C(=O)O)CCN(c3ccc(Cl)cc3C#N)CC2)=CN1. The highest BCUT2D eigenvalue weighted by Gasteiger charge is 2.46. The highest BCUT2D eigenvalue weighted by molar-refractivity contribution is 6.30. The lowest BCUT2D eigenvalue weighted by Crippen LogP contribution is -2.48. The van der Waals surface area contributed by atoms with Crippen LogP contribution in [0.4, 0.5) is 5.69 Å². The van der Waals surface area contributed by atoms with Crippen LogP contribution in [0.3, 0.4) is 0 Å². The van der Waals surface area contributed by atoms with Gasteiger partial charge in [0.25, 0.3) is 0 Å². The topological polar surface area (TPSA) is 98.5 Å². The molecule has 4 rings (SSSR count). The average Bonchev–Trinajstić information content (AvgIpc) is 2.85. The van der Waals surface area contributed by atoms with Gasteiger partial charge in [-0.2, -0.15) is 5.26 Å². The molecule has 7 nitrogen and oxygen atoms in total. The average molecular weight is 465 g/mol. The molecule has 1 atom stereocenters. The highest BCUT2D eigenvalue weighted by Crippen LogP contribution is 2.43. The van der Waals surface area contributed by atoms with Gasteiger partial charge in [-0.25, -0.2) is 0 Å². The Morgan fingerprint density at radius 2 is 2.15 bits per heavy atom. The number of nitrogens with zero attached hydrogens (tertiary/aromatic N) is 3. The third-order valence-corrected chi connectivity index (χ3v) is 6.64. The van der Waals surface area contributed by atoms with Crippen LogP contribution in [0.15, 0.2) is 66.7 Å². The number of benzene rings is 1. The number of aliphatic carboxylic acids is 1. The van der Waals surface area contributed by atoms with Crippen molar-refractivity contribution in [3.05, 3.63) is 82.8 Å². The highest BCUT2D eigenvalue weighted by atomic mass is 35.5. The van der Waals surface area contributed by atoms with E-state index in [2.05, 4.69) is 21.3 Å². The summed E-state index contributed by atoms with van der Waals surface area (Å²) in [6, 6.07) is 11.1. The number of carboxylic acids is 1. The number of allylic oxidation sites excluding steroid dienone is 1. The van der Waals surface area contributed by atoms with E-state index in [4.69, 9.17) is 16.3 Å². The van der Waals surface area contributed by atoms with Crippen molar-refractivity contribution >= 4 is 23.3 Å². The van der Waals surface area contributed by atoms with Crippen molar-refractivity contribution in [2.45, 2.75) is 25.5 Å². The van der Waals surface area contributed by atoms with Crippen molar-refractivity contribution in [1.29, 1.82) is 5.26 Å². The number of halogens is 1. The van der Waals surface area contributed by atoms with Crippen LogP contribution in [0.1, 0.15) is 30.9 Å². The van der Waals surface area contributed by atoms with Crippen LogP contribution in [-0.2, 0) is 15.3 Å². The standard InChI is InChI=1S/C25H25ClN4O3/c1-2-33-25(20-4-3-11-28-16-20)8-7-19(17-29-25)24(23(31)32)9-12-30(13-10-24)22-6-5-21(26)14-18(22)15-27/h3-8,11,14,16-17,29H,2,9-10,12-13H2,1H3,(H,31,32). The number of rotatable bonds is 6. The Labute approximate surface area is 198 Å². The summed E-state index contributed by atoms with van der Waals surface area (Å²) in [6.07, 6.45) is 9.72. The number of anilines is 1. The molecule has 1 aromatic heterocycles. The zero-order valence-corrected chi connectivity index (χ0v) is 19.0. The number of pyridine rings is 1. The van der Waals surface area contributed by atoms with Gasteiger partial charge in [0.1, 0.15) is 6.07 Å². The monoisotopic (exact) mass is 464 g/mol. The Bertz CT molecular complexity index is 1130. The molecule has 170 valence electrons. The van der Waals surface area contributed by atoms with Gasteiger partial charge in [0.05, 0.1) is 16.7 Å². The van der Waals surface area contributed by atoms with Crippen LogP contribution in [0.5, 0.6) is 0 Å².